The Hall–Kier alpha value is -1.31. The number of hydrogen-bond donors (Lipinski definition) is 1. The van der Waals surface area contributed by atoms with Gasteiger partial charge in [-0.25, -0.2) is 0 Å². The molecule has 1 amide bonds. The monoisotopic (exact) mass is 257 g/mol. The van der Waals surface area contributed by atoms with Crippen LogP contribution in [0.5, 0.6) is 0 Å². The topological polar surface area (TPSA) is 29.1 Å². The molecule has 2 atom stereocenters. The van der Waals surface area contributed by atoms with Gasteiger partial charge in [-0.1, -0.05) is 56.0 Å². The lowest BCUT2D eigenvalue weighted by atomic mass is 10.1. The first-order valence-electron chi connectivity index (χ1n) is 7.70. The van der Waals surface area contributed by atoms with E-state index in [1.807, 2.05) is 6.07 Å². The van der Waals surface area contributed by atoms with Gasteiger partial charge in [-0.2, -0.15) is 0 Å². The molecule has 3 rings (SSSR count). The maximum absolute atomic E-state index is 12.3. The molecule has 1 N–H and O–H groups in total. The van der Waals surface area contributed by atoms with Crippen molar-refractivity contribution < 1.29 is 4.79 Å². The smallest absolute Gasteiger partial charge is 0.223 e. The molecule has 0 radical (unpaired) electrons. The van der Waals surface area contributed by atoms with E-state index < -0.39 is 0 Å². The van der Waals surface area contributed by atoms with Crippen molar-refractivity contribution in [3.8, 4) is 0 Å². The normalized spacial score (nSPS) is 27.6. The molecule has 102 valence electrons. The lowest BCUT2D eigenvalue weighted by Gasteiger charge is -2.16. The first kappa shape index (κ1) is 12.7. The number of rotatable bonds is 3. The molecule has 0 spiro atoms. The van der Waals surface area contributed by atoms with Crippen LogP contribution in [0.4, 0.5) is 0 Å². The van der Waals surface area contributed by atoms with Gasteiger partial charge in [0.25, 0.3) is 0 Å². The lowest BCUT2D eigenvalue weighted by molar-refractivity contribution is -0.123. The molecule has 0 bridgehead atoms. The van der Waals surface area contributed by atoms with Gasteiger partial charge >= 0.3 is 0 Å². The first-order chi connectivity index (χ1) is 9.34. The highest BCUT2D eigenvalue weighted by molar-refractivity contribution is 5.83. The van der Waals surface area contributed by atoms with Crippen LogP contribution >= 0.6 is 0 Å². The Balaban J connectivity index is 1.52. The van der Waals surface area contributed by atoms with Crippen LogP contribution < -0.4 is 5.32 Å². The van der Waals surface area contributed by atoms with Gasteiger partial charge in [-0.3, -0.25) is 4.79 Å². The molecule has 19 heavy (non-hydrogen) atoms. The van der Waals surface area contributed by atoms with Crippen LogP contribution in [0.25, 0.3) is 0 Å². The van der Waals surface area contributed by atoms with Gasteiger partial charge in [0.05, 0.1) is 0 Å². The van der Waals surface area contributed by atoms with Crippen molar-refractivity contribution in [2.24, 2.45) is 5.92 Å². The quantitative estimate of drug-likeness (QED) is 0.823. The molecule has 0 saturated heterocycles. The summed E-state index contributed by atoms with van der Waals surface area (Å²) in [5.41, 5.74) is 1.32. The summed E-state index contributed by atoms with van der Waals surface area (Å²) in [4.78, 5) is 12.3. The van der Waals surface area contributed by atoms with Crippen molar-refractivity contribution in [2.75, 3.05) is 0 Å². The highest BCUT2D eigenvalue weighted by atomic mass is 16.2. The molecular formula is C17H23NO. The summed E-state index contributed by atoms with van der Waals surface area (Å²) in [5.74, 6) is 0.985. The van der Waals surface area contributed by atoms with Gasteiger partial charge in [0.1, 0.15) is 0 Å². The van der Waals surface area contributed by atoms with Gasteiger partial charge in [0.2, 0.25) is 5.91 Å². The van der Waals surface area contributed by atoms with E-state index in [4.69, 9.17) is 0 Å². The van der Waals surface area contributed by atoms with Gasteiger partial charge in [-0.15, -0.1) is 0 Å². The van der Waals surface area contributed by atoms with Crippen molar-refractivity contribution in [3.05, 3.63) is 35.9 Å². The second-order valence-corrected chi connectivity index (χ2v) is 6.06. The fraction of sp³-hybridized carbons (Fsp3) is 0.588. The van der Waals surface area contributed by atoms with E-state index in [9.17, 15) is 4.79 Å². The largest absolute Gasteiger partial charge is 0.353 e. The van der Waals surface area contributed by atoms with Gasteiger partial charge < -0.3 is 5.32 Å². The van der Waals surface area contributed by atoms with Crippen molar-refractivity contribution in [2.45, 2.75) is 56.9 Å². The molecule has 0 heterocycles. The summed E-state index contributed by atoms with van der Waals surface area (Å²) in [7, 11) is 0. The van der Waals surface area contributed by atoms with E-state index in [-0.39, 0.29) is 5.92 Å². The Morgan fingerprint density at radius 2 is 1.68 bits per heavy atom. The lowest BCUT2D eigenvalue weighted by Crippen LogP contribution is -2.35. The molecule has 2 aliphatic carbocycles. The fourth-order valence-electron chi connectivity index (χ4n) is 3.29. The third kappa shape index (κ3) is 3.17. The van der Waals surface area contributed by atoms with E-state index >= 15 is 0 Å². The second kappa shape index (κ2) is 5.77. The Bertz CT molecular complexity index is 420. The average molecular weight is 257 g/mol. The second-order valence-electron chi connectivity index (χ2n) is 6.06. The Kier molecular flexibility index (Phi) is 3.86. The summed E-state index contributed by atoms with van der Waals surface area (Å²) >= 11 is 0. The highest BCUT2D eigenvalue weighted by Gasteiger charge is 2.44. The molecule has 2 saturated carbocycles. The van der Waals surface area contributed by atoms with E-state index in [0.29, 0.717) is 17.9 Å². The van der Waals surface area contributed by atoms with Crippen LogP contribution in [0.1, 0.15) is 56.4 Å². The number of benzene rings is 1. The zero-order valence-electron chi connectivity index (χ0n) is 11.5. The van der Waals surface area contributed by atoms with Crippen molar-refractivity contribution in [1.82, 2.24) is 5.32 Å². The molecule has 1 aromatic rings. The van der Waals surface area contributed by atoms with E-state index in [1.165, 1.54) is 44.1 Å². The summed E-state index contributed by atoms with van der Waals surface area (Å²) < 4.78 is 0. The zero-order chi connectivity index (χ0) is 13.1. The van der Waals surface area contributed by atoms with Crippen molar-refractivity contribution in [3.63, 3.8) is 0 Å². The Morgan fingerprint density at radius 1 is 1.00 bits per heavy atom. The van der Waals surface area contributed by atoms with Crippen LogP contribution in [0.2, 0.25) is 0 Å². The SMILES string of the molecule is O=C(NC1CCCCCC1)[C@@H]1C[C@H]1c1ccccc1. The summed E-state index contributed by atoms with van der Waals surface area (Å²) in [6.07, 6.45) is 8.60. The predicted octanol–water partition coefficient (Wildman–Crippen LogP) is 3.63. The molecule has 2 aliphatic rings. The summed E-state index contributed by atoms with van der Waals surface area (Å²) in [6.45, 7) is 0. The molecule has 2 heteroatoms. The third-order valence-corrected chi connectivity index (χ3v) is 4.56. The number of nitrogens with one attached hydrogen (secondary N) is 1. The van der Waals surface area contributed by atoms with Crippen molar-refractivity contribution in [1.29, 1.82) is 0 Å². The van der Waals surface area contributed by atoms with Crippen LogP contribution in [-0.4, -0.2) is 11.9 Å². The predicted molar refractivity (Wildman–Crippen MR) is 76.9 cm³/mol. The fourth-order valence-corrected chi connectivity index (χ4v) is 3.29. The molecule has 2 nitrogen and oxygen atoms in total. The standard InChI is InChI=1S/C17H23NO/c19-17(18-14-10-6-1-2-7-11-14)16-12-15(16)13-8-4-3-5-9-13/h3-5,8-9,14-16H,1-2,6-7,10-12H2,(H,18,19)/t15-,16+/m0/s1. The number of carbonyl (C=O) groups is 1. The Morgan fingerprint density at radius 3 is 2.37 bits per heavy atom. The van der Waals surface area contributed by atoms with E-state index in [1.54, 1.807) is 0 Å². The highest BCUT2D eigenvalue weighted by Crippen LogP contribution is 2.47. The third-order valence-electron chi connectivity index (χ3n) is 4.56. The molecule has 1 aromatic carbocycles. The summed E-state index contributed by atoms with van der Waals surface area (Å²) in [6, 6.07) is 10.9. The van der Waals surface area contributed by atoms with Crippen LogP contribution in [0.15, 0.2) is 30.3 Å². The minimum Gasteiger partial charge on any atom is -0.353 e. The molecule has 2 fully saturated rings. The molecular weight excluding hydrogens is 234 g/mol. The molecule has 0 unspecified atom stereocenters. The van der Waals surface area contributed by atoms with Gasteiger partial charge in [0, 0.05) is 12.0 Å². The number of hydrogen-bond acceptors (Lipinski definition) is 1. The Labute approximate surface area is 115 Å². The minimum atomic E-state index is 0.227. The van der Waals surface area contributed by atoms with Gasteiger partial charge in [-0.05, 0) is 30.7 Å². The first-order valence-corrected chi connectivity index (χ1v) is 7.70. The van der Waals surface area contributed by atoms with E-state index in [2.05, 4.69) is 29.6 Å². The van der Waals surface area contributed by atoms with Crippen LogP contribution in [0, 0.1) is 5.92 Å². The molecule has 0 aromatic heterocycles. The maximum atomic E-state index is 12.3. The van der Waals surface area contributed by atoms with Crippen LogP contribution in [-0.2, 0) is 4.79 Å². The van der Waals surface area contributed by atoms with E-state index in [0.717, 1.165) is 6.42 Å². The summed E-state index contributed by atoms with van der Waals surface area (Å²) in [5, 5.41) is 3.28. The van der Waals surface area contributed by atoms with Gasteiger partial charge in [0.15, 0.2) is 0 Å². The van der Waals surface area contributed by atoms with Crippen LogP contribution in [0.3, 0.4) is 0 Å². The zero-order valence-corrected chi connectivity index (χ0v) is 11.5. The molecule has 0 aliphatic heterocycles. The number of carbonyl (C=O) groups excluding carboxylic acids is 1. The average Bonchev–Trinajstić information content (AvgIpc) is 3.24. The number of amides is 1. The van der Waals surface area contributed by atoms with Crippen molar-refractivity contribution >= 4 is 5.91 Å². The minimum absolute atomic E-state index is 0.227. The maximum Gasteiger partial charge on any atom is 0.223 e.